The van der Waals surface area contributed by atoms with Crippen molar-refractivity contribution in [2.45, 2.75) is 6.92 Å². The largest absolute Gasteiger partial charge is 0.495 e. The molecule has 0 N–H and O–H groups in total. The molecule has 0 radical (unpaired) electrons. The molecule has 0 unspecified atom stereocenters. The number of pyridine rings is 1. The number of rotatable bonds is 3. The van der Waals surface area contributed by atoms with Crippen LogP contribution in [0.2, 0.25) is 5.02 Å². The maximum absolute atomic E-state index is 12.7. The van der Waals surface area contributed by atoms with Gasteiger partial charge in [-0.05, 0) is 43.3 Å². The molecular weight excluding hydrogens is 364 g/mol. The van der Waals surface area contributed by atoms with Crippen molar-refractivity contribution in [3.63, 3.8) is 0 Å². The molecule has 0 saturated carbocycles. The number of hydrogen-bond donors (Lipinski definition) is 0. The maximum Gasteiger partial charge on any atom is 0.270 e. The van der Waals surface area contributed by atoms with Crippen LogP contribution in [0.15, 0.2) is 41.3 Å². The minimum Gasteiger partial charge on any atom is -0.495 e. The molecule has 2 aromatic rings. The summed E-state index contributed by atoms with van der Waals surface area (Å²) in [6.45, 7) is 1.90. The first kappa shape index (κ1) is 17.0. The highest BCUT2D eigenvalue weighted by Gasteiger charge is 2.33. The smallest absolute Gasteiger partial charge is 0.270 e. The van der Waals surface area contributed by atoms with Crippen LogP contribution in [0.1, 0.15) is 11.4 Å². The second-order valence-corrected chi connectivity index (χ2v) is 7.12. The Morgan fingerprint density at radius 3 is 2.79 bits per heavy atom. The van der Waals surface area contributed by atoms with Gasteiger partial charge in [0.1, 0.15) is 5.75 Å². The van der Waals surface area contributed by atoms with Gasteiger partial charge in [-0.1, -0.05) is 41.6 Å². The van der Waals surface area contributed by atoms with Gasteiger partial charge in [-0.2, -0.15) is 0 Å². The molecule has 0 bridgehead atoms. The third kappa shape index (κ3) is 3.31. The van der Waals surface area contributed by atoms with E-state index in [0.717, 1.165) is 11.4 Å². The van der Waals surface area contributed by atoms with Gasteiger partial charge >= 0.3 is 0 Å². The molecule has 2 heterocycles. The molecule has 1 aromatic heterocycles. The van der Waals surface area contributed by atoms with Gasteiger partial charge in [0.05, 0.1) is 28.4 Å². The number of hydrogen-bond acceptors (Lipinski definition) is 5. The van der Waals surface area contributed by atoms with Crippen molar-refractivity contribution in [1.82, 2.24) is 4.98 Å². The fourth-order valence-electron chi connectivity index (χ4n) is 2.26. The Balaban J connectivity index is 1.93. The predicted molar refractivity (Wildman–Crippen MR) is 103 cm³/mol. The van der Waals surface area contributed by atoms with E-state index in [0.29, 0.717) is 25.7 Å². The van der Waals surface area contributed by atoms with Gasteiger partial charge in [-0.3, -0.25) is 14.7 Å². The van der Waals surface area contributed by atoms with Crippen molar-refractivity contribution in [1.29, 1.82) is 0 Å². The summed E-state index contributed by atoms with van der Waals surface area (Å²) in [7, 11) is 1.54. The Morgan fingerprint density at radius 1 is 1.33 bits per heavy atom. The Morgan fingerprint density at radius 2 is 2.12 bits per heavy atom. The van der Waals surface area contributed by atoms with Gasteiger partial charge in [-0.25, -0.2) is 0 Å². The third-order valence-electron chi connectivity index (χ3n) is 3.38. The number of carbonyl (C=O) groups is 1. The highest BCUT2D eigenvalue weighted by Crippen LogP contribution is 2.38. The molecule has 0 aliphatic carbocycles. The third-order valence-corrected chi connectivity index (χ3v) is 4.97. The topological polar surface area (TPSA) is 42.4 Å². The molecule has 0 spiro atoms. The predicted octanol–water partition coefficient (Wildman–Crippen LogP) is 4.46. The van der Waals surface area contributed by atoms with E-state index in [1.807, 2.05) is 25.1 Å². The molecule has 1 saturated heterocycles. The fraction of sp³-hybridized carbons (Fsp3) is 0.118. The molecule has 24 heavy (non-hydrogen) atoms. The van der Waals surface area contributed by atoms with E-state index in [4.69, 9.17) is 28.6 Å². The molecule has 3 rings (SSSR count). The number of aryl methyl sites for hydroxylation is 1. The van der Waals surface area contributed by atoms with Crippen LogP contribution in [-0.2, 0) is 4.79 Å². The fourth-order valence-corrected chi connectivity index (χ4v) is 3.80. The maximum atomic E-state index is 12.7. The summed E-state index contributed by atoms with van der Waals surface area (Å²) < 4.78 is 5.59. The van der Waals surface area contributed by atoms with Crippen LogP contribution in [0, 0.1) is 6.92 Å². The molecule has 4 nitrogen and oxygen atoms in total. The number of thioether (sulfide) groups is 1. The van der Waals surface area contributed by atoms with E-state index in [1.54, 1.807) is 24.3 Å². The van der Waals surface area contributed by atoms with E-state index in [2.05, 4.69) is 4.98 Å². The SMILES string of the molecule is COc1ccc(N2C(=O)/C(=C\c3cccc(C)n3)SC2=S)cc1Cl. The zero-order valence-corrected chi connectivity index (χ0v) is 15.3. The van der Waals surface area contributed by atoms with Crippen molar-refractivity contribution < 1.29 is 9.53 Å². The molecule has 1 fully saturated rings. The van der Waals surface area contributed by atoms with Crippen molar-refractivity contribution >= 4 is 57.6 Å². The molecule has 1 aliphatic heterocycles. The van der Waals surface area contributed by atoms with E-state index in [-0.39, 0.29) is 5.91 Å². The number of nitrogens with zero attached hydrogens (tertiary/aromatic N) is 2. The molecule has 1 aromatic carbocycles. The highest BCUT2D eigenvalue weighted by atomic mass is 35.5. The molecule has 1 aliphatic rings. The summed E-state index contributed by atoms with van der Waals surface area (Å²) in [6.07, 6.45) is 1.75. The van der Waals surface area contributed by atoms with Crippen LogP contribution in [0.3, 0.4) is 0 Å². The van der Waals surface area contributed by atoms with Gasteiger partial charge in [0, 0.05) is 5.69 Å². The summed E-state index contributed by atoms with van der Waals surface area (Å²) in [6, 6.07) is 10.8. The monoisotopic (exact) mass is 376 g/mol. The number of anilines is 1. The standard InChI is InChI=1S/C17H13ClN2O2S2/c1-10-4-3-5-11(19-10)8-15-16(21)20(17(23)24-15)12-6-7-14(22-2)13(18)9-12/h3-9H,1-2H3/b15-8+. The summed E-state index contributed by atoms with van der Waals surface area (Å²) in [5, 5.41) is 0.424. The average molecular weight is 377 g/mol. The average Bonchev–Trinajstić information content (AvgIpc) is 2.81. The Bertz CT molecular complexity index is 867. The number of ether oxygens (including phenoxy) is 1. The van der Waals surface area contributed by atoms with Gasteiger partial charge < -0.3 is 4.74 Å². The van der Waals surface area contributed by atoms with Gasteiger partial charge in [-0.15, -0.1) is 0 Å². The lowest BCUT2D eigenvalue weighted by Gasteiger charge is -2.15. The zero-order valence-electron chi connectivity index (χ0n) is 12.9. The van der Waals surface area contributed by atoms with Crippen LogP contribution in [0.25, 0.3) is 6.08 Å². The zero-order chi connectivity index (χ0) is 17.3. The number of aromatic nitrogens is 1. The summed E-state index contributed by atoms with van der Waals surface area (Å²) in [5.41, 5.74) is 2.23. The lowest BCUT2D eigenvalue weighted by atomic mass is 10.2. The number of amides is 1. The highest BCUT2D eigenvalue weighted by molar-refractivity contribution is 8.27. The van der Waals surface area contributed by atoms with Crippen LogP contribution in [0.5, 0.6) is 5.75 Å². The van der Waals surface area contributed by atoms with Gasteiger partial charge in [0.15, 0.2) is 4.32 Å². The minimum atomic E-state index is -0.186. The lowest BCUT2D eigenvalue weighted by Crippen LogP contribution is -2.27. The van der Waals surface area contributed by atoms with Gasteiger partial charge in [0.2, 0.25) is 0 Å². The van der Waals surface area contributed by atoms with Crippen LogP contribution >= 0.6 is 35.6 Å². The Kier molecular flexibility index (Phi) is 4.89. The van der Waals surface area contributed by atoms with E-state index in [1.165, 1.54) is 23.8 Å². The number of thiocarbonyl (C=S) groups is 1. The second kappa shape index (κ2) is 6.93. The van der Waals surface area contributed by atoms with Gasteiger partial charge in [0.25, 0.3) is 5.91 Å². The Hall–Kier alpha value is -1.89. The molecule has 1 amide bonds. The minimum absolute atomic E-state index is 0.186. The lowest BCUT2D eigenvalue weighted by molar-refractivity contribution is -0.113. The number of methoxy groups -OCH3 is 1. The molecule has 122 valence electrons. The normalized spacial score (nSPS) is 16.1. The van der Waals surface area contributed by atoms with E-state index >= 15 is 0 Å². The Labute approximate surface area is 154 Å². The molecule has 0 atom stereocenters. The first-order valence-electron chi connectivity index (χ1n) is 7.05. The summed E-state index contributed by atoms with van der Waals surface area (Å²) in [5.74, 6) is 0.361. The van der Waals surface area contributed by atoms with E-state index in [9.17, 15) is 4.79 Å². The van der Waals surface area contributed by atoms with Crippen LogP contribution < -0.4 is 9.64 Å². The second-order valence-electron chi connectivity index (χ2n) is 5.04. The first-order valence-corrected chi connectivity index (χ1v) is 8.65. The van der Waals surface area contributed by atoms with Crippen molar-refractivity contribution in [2.75, 3.05) is 12.0 Å². The first-order chi connectivity index (χ1) is 11.5. The quantitative estimate of drug-likeness (QED) is 0.584. The summed E-state index contributed by atoms with van der Waals surface area (Å²) >= 11 is 12.8. The van der Waals surface area contributed by atoms with Crippen molar-refractivity contribution in [2.24, 2.45) is 0 Å². The number of halogens is 1. The number of carbonyl (C=O) groups excluding carboxylic acids is 1. The van der Waals surface area contributed by atoms with Crippen LogP contribution in [-0.4, -0.2) is 22.3 Å². The molecular formula is C17H13ClN2O2S2. The number of benzene rings is 1. The molecule has 7 heteroatoms. The van der Waals surface area contributed by atoms with Crippen molar-refractivity contribution in [3.8, 4) is 5.75 Å². The van der Waals surface area contributed by atoms with Crippen LogP contribution in [0.4, 0.5) is 5.69 Å². The van der Waals surface area contributed by atoms with Crippen molar-refractivity contribution in [3.05, 3.63) is 57.7 Å². The van der Waals surface area contributed by atoms with E-state index < -0.39 is 0 Å². The summed E-state index contributed by atoms with van der Waals surface area (Å²) in [4.78, 5) is 19.1.